The fourth-order valence-corrected chi connectivity index (χ4v) is 2.20. The van der Waals surface area contributed by atoms with Crippen molar-refractivity contribution in [2.24, 2.45) is 0 Å². The van der Waals surface area contributed by atoms with Crippen LogP contribution in [0, 0.1) is 5.82 Å². The molecule has 0 saturated carbocycles. The molecule has 10 nitrogen and oxygen atoms in total. The molecule has 0 aliphatic carbocycles. The van der Waals surface area contributed by atoms with Crippen molar-refractivity contribution in [2.75, 3.05) is 13.1 Å². The highest BCUT2D eigenvalue weighted by atomic mass is 18.2. The zero-order valence-corrected chi connectivity index (χ0v) is 15.1. The van der Waals surface area contributed by atoms with Gasteiger partial charge in [0.25, 0.3) is 5.91 Å². The number of nitrogens with one attached hydrogen (secondary N) is 3. The van der Waals surface area contributed by atoms with Gasteiger partial charge in [0.2, 0.25) is 0 Å². The van der Waals surface area contributed by atoms with Gasteiger partial charge in [-0.25, -0.2) is 14.0 Å². The van der Waals surface area contributed by atoms with E-state index in [9.17, 15) is 23.6 Å². The molecule has 0 aromatic carbocycles. The zero-order valence-electron chi connectivity index (χ0n) is 15.1. The molecule has 154 valence electrons. The number of carboxylic acids is 2. The highest BCUT2D eigenvalue weighted by molar-refractivity contribution is 5.94. The van der Waals surface area contributed by atoms with Gasteiger partial charge >= 0.3 is 18.0 Å². The lowest BCUT2D eigenvalue weighted by Crippen LogP contribution is -2.46. The van der Waals surface area contributed by atoms with Crippen LogP contribution >= 0.6 is 0 Å². The predicted octanol–water partition coefficient (Wildman–Crippen LogP) is 0.738. The van der Waals surface area contributed by atoms with Gasteiger partial charge in [-0.15, -0.1) is 0 Å². The molecule has 0 saturated heterocycles. The van der Waals surface area contributed by atoms with Crippen molar-refractivity contribution < 1.29 is 33.8 Å². The summed E-state index contributed by atoms with van der Waals surface area (Å²) < 4.78 is 13.4. The van der Waals surface area contributed by atoms with Crippen molar-refractivity contribution in [1.29, 1.82) is 0 Å². The molecule has 1 heterocycles. The van der Waals surface area contributed by atoms with E-state index < -0.39 is 35.7 Å². The van der Waals surface area contributed by atoms with Crippen LogP contribution in [0.1, 0.15) is 42.5 Å². The molecule has 1 aromatic rings. The number of nitrogens with zero attached hydrogens (tertiary/aromatic N) is 1. The van der Waals surface area contributed by atoms with Gasteiger partial charge in [0, 0.05) is 31.9 Å². The molecule has 1 aromatic heterocycles. The number of aromatic nitrogens is 1. The van der Waals surface area contributed by atoms with Crippen LogP contribution in [0.4, 0.5) is 9.18 Å². The standard InChI is InChI=1S/C17H23FN4O6/c18-12-6-9-19-10-11(12)15(25)20-7-2-1-3-8-21-17(28)22-13(16(26)27)4-5-14(23)24/h6,9-10,13H,1-5,7-8H2,(H,20,25)(H,23,24)(H,26,27)(H2,21,22,28)/t13-/m0/s1/i18-1. The zero-order chi connectivity index (χ0) is 20.9. The summed E-state index contributed by atoms with van der Waals surface area (Å²) >= 11 is 0. The summed E-state index contributed by atoms with van der Waals surface area (Å²) in [4.78, 5) is 48.5. The van der Waals surface area contributed by atoms with Crippen LogP contribution in [0.25, 0.3) is 0 Å². The van der Waals surface area contributed by atoms with E-state index in [1.807, 2.05) is 0 Å². The highest BCUT2D eigenvalue weighted by Gasteiger charge is 2.20. The number of hydrogen-bond donors (Lipinski definition) is 5. The smallest absolute Gasteiger partial charge is 0.326 e. The molecule has 0 aliphatic heterocycles. The first-order chi connectivity index (χ1) is 13.3. The number of rotatable bonds is 12. The number of hydrogen-bond acceptors (Lipinski definition) is 5. The number of carbonyl (C=O) groups excluding carboxylic acids is 2. The highest BCUT2D eigenvalue weighted by Crippen LogP contribution is 2.04. The second-order valence-electron chi connectivity index (χ2n) is 5.90. The SMILES string of the molecule is O=C(O)CC[C@H](NC(=O)NCCCCCNC(=O)c1cnccc1[18F])C(=O)O. The Balaban J connectivity index is 2.15. The molecule has 0 fully saturated rings. The summed E-state index contributed by atoms with van der Waals surface area (Å²) in [6, 6.07) is -0.875. The van der Waals surface area contributed by atoms with E-state index in [-0.39, 0.29) is 24.9 Å². The Kier molecular flexibility index (Phi) is 9.94. The minimum absolute atomic E-state index is 0.128. The topological polar surface area (TPSA) is 158 Å². The molecule has 0 bridgehead atoms. The Morgan fingerprint density at radius 1 is 1.07 bits per heavy atom. The molecule has 1 atom stereocenters. The normalized spacial score (nSPS) is 11.3. The summed E-state index contributed by atoms with van der Waals surface area (Å²) in [5.41, 5.74) is -0.128. The average Bonchev–Trinajstić information content (AvgIpc) is 2.64. The molecular weight excluding hydrogens is 374 g/mol. The summed E-state index contributed by atoms with van der Waals surface area (Å²) in [5, 5.41) is 24.8. The first-order valence-corrected chi connectivity index (χ1v) is 8.68. The third-order valence-electron chi connectivity index (χ3n) is 3.69. The maximum absolute atomic E-state index is 13.4. The third-order valence-corrected chi connectivity index (χ3v) is 3.69. The fraction of sp³-hybridized carbons (Fsp3) is 0.471. The van der Waals surface area contributed by atoms with Gasteiger partial charge in [0.1, 0.15) is 11.9 Å². The van der Waals surface area contributed by atoms with Crippen LogP contribution in [0.3, 0.4) is 0 Å². The molecule has 11 heteroatoms. The van der Waals surface area contributed by atoms with Gasteiger partial charge in [0.15, 0.2) is 0 Å². The van der Waals surface area contributed by atoms with E-state index in [0.717, 1.165) is 12.3 Å². The summed E-state index contributed by atoms with van der Waals surface area (Å²) in [5.74, 6) is -3.65. The largest absolute Gasteiger partial charge is 0.481 e. The van der Waals surface area contributed by atoms with E-state index in [0.29, 0.717) is 25.8 Å². The van der Waals surface area contributed by atoms with Crippen molar-refractivity contribution in [1.82, 2.24) is 20.9 Å². The lowest BCUT2D eigenvalue weighted by Gasteiger charge is -2.14. The van der Waals surface area contributed by atoms with E-state index in [1.54, 1.807) is 0 Å². The van der Waals surface area contributed by atoms with E-state index in [4.69, 9.17) is 10.2 Å². The van der Waals surface area contributed by atoms with E-state index in [1.165, 1.54) is 6.20 Å². The average molecular weight is 397 g/mol. The molecule has 28 heavy (non-hydrogen) atoms. The second kappa shape index (κ2) is 12.2. The molecule has 0 spiro atoms. The van der Waals surface area contributed by atoms with Crippen molar-refractivity contribution in [3.8, 4) is 0 Å². The van der Waals surface area contributed by atoms with Gasteiger partial charge in [0.05, 0.1) is 5.56 Å². The van der Waals surface area contributed by atoms with Crippen LogP contribution in [-0.4, -0.2) is 58.2 Å². The van der Waals surface area contributed by atoms with Gasteiger partial charge in [-0.3, -0.25) is 14.6 Å². The van der Waals surface area contributed by atoms with E-state index in [2.05, 4.69) is 20.9 Å². The van der Waals surface area contributed by atoms with Crippen LogP contribution < -0.4 is 16.0 Å². The monoisotopic (exact) mass is 397 g/mol. The number of halogens is 1. The van der Waals surface area contributed by atoms with Crippen LogP contribution in [0.15, 0.2) is 18.5 Å². The van der Waals surface area contributed by atoms with Crippen molar-refractivity contribution >= 4 is 23.9 Å². The lowest BCUT2D eigenvalue weighted by atomic mass is 10.1. The number of aliphatic carboxylic acids is 2. The Morgan fingerprint density at radius 2 is 1.75 bits per heavy atom. The number of carboxylic acid groups (broad SMARTS) is 2. The number of urea groups is 1. The number of unbranched alkanes of at least 4 members (excludes halogenated alkanes) is 2. The minimum Gasteiger partial charge on any atom is -0.481 e. The molecule has 0 unspecified atom stereocenters. The Morgan fingerprint density at radius 3 is 2.36 bits per heavy atom. The lowest BCUT2D eigenvalue weighted by molar-refractivity contribution is -0.140. The maximum atomic E-state index is 13.4. The van der Waals surface area contributed by atoms with Gasteiger partial charge in [-0.05, 0) is 31.7 Å². The first-order valence-electron chi connectivity index (χ1n) is 8.68. The van der Waals surface area contributed by atoms with Crippen molar-refractivity contribution in [3.05, 3.63) is 29.8 Å². The quantitative estimate of drug-likeness (QED) is 0.325. The van der Waals surface area contributed by atoms with E-state index >= 15 is 0 Å². The Labute approximate surface area is 160 Å². The molecule has 5 N–H and O–H groups in total. The fourth-order valence-electron chi connectivity index (χ4n) is 2.20. The molecule has 0 radical (unpaired) electrons. The molecule has 3 amide bonds. The Hall–Kier alpha value is -3.24. The van der Waals surface area contributed by atoms with Gasteiger partial charge < -0.3 is 26.2 Å². The molecular formula is C17H23FN4O6. The van der Waals surface area contributed by atoms with Crippen molar-refractivity contribution in [2.45, 2.75) is 38.1 Å². The number of carbonyl (C=O) groups is 4. The van der Waals surface area contributed by atoms with Gasteiger partial charge in [-0.1, -0.05) is 0 Å². The third kappa shape index (κ3) is 8.92. The molecule has 1 rings (SSSR count). The summed E-state index contributed by atoms with van der Waals surface area (Å²) in [7, 11) is 0. The van der Waals surface area contributed by atoms with Gasteiger partial charge in [-0.2, -0.15) is 0 Å². The summed E-state index contributed by atoms with van der Waals surface area (Å²) in [6.07, 6.45) is 3.66. The van der Waals surface area contributed by atoms with Crippen LogP contribution in [-0.2, 0) is 9.59 Å². The minimum atomic E-state index is -1.31. The second-order valence-corrected chi connectivity index (χ2v) is 5.90. The number of amides is 3. The number of pyridine rings is 1. The molecule has 0 aliphatic rings. The van der Waals surface area contributed by atoms with Crippen LogP contribution in [0.5, 0.6) is 0 Å². The summed E-state index contributed by atoms with van der Waals surface area (Å²) in [6.45, 7) is 0.609. The predicted molar refractivity (Wildman–Crippen MR) is 95.2 cm³/mol. The first kappa shape index (κ1) is 22.8. The van der Waals surface area contributed by atoms with Crippen molar-refractivity contribution in [3.63, 3.8) is 0 Å². The van der Waals surface area contributed by atoms with Crippen LogP contribution in [0.2, 0.25) is 0 Å². The Bertz CT molecular complexity index is 700. The maximum Gasteiger partial charge on any atom is 0.326 e.